The minimum Gasteiger partial charge on any atom is -0.481 e. The summed E-state index contributed by atoms with van der Waals surface area (Å²) in [5, 5.41) is 15.4. The second-order valence-corrected chi connectivity index (χ2v) is 5.32. The van der Waals surface area contributed by atoms with Crippen LogP contribution in [0.25, 0.3) is 0 Å². The van der Waals surface area contributed by atoms with Crippen molar-refractivity contribution >= 4 is 17.6 Å². The summed E-state index contributed by atoms with van der Waals surface area (Å²) in [5.74, 6) is -0.446. The normalized spacial score (nSPS) is 11.9. The third kappa shape index (κ3) is 4.91. The van der Waals surface area contributed by atoms with Gasteiger partial charge in [0.2, 0.25) is 11.8 Å². The van der Waals surface area contributed by atoms with E-state index < -0.39 is 11.9 Å². The Balaban J connectivity index is 1.79. The molecule has 0 aliphatic heterocycles. The number of aryl methyl sites for hydroxylation is 2. The van der Waals surface area contributed by atoms with Crippen LogP contribution in [-0.2, 0) is 16.0 Å². The summed E-state index contributed by atoms with van der Waals surface area (Å²) < 4.78 is 4.98. The average molecular weight is 317 g/mol. The molecule has 122 valence electrons. The molecule has 7 heteroatoms. The highest BCUT2D eigenvalue weighted by Crippen LogP contribution is 2.18. The molecule has 0 saturated carbocycles. The van der Waals surface area contributed by atoms with E-state index in [-0.39, 0.29) is 5.91 Å². The fourth-order valence-corrected chi connectivity index (χ4v) is 2.06. The predicted molar refractivity (Wildman–Crippen MR) is 83.1 cm³/mol. The average Bonchev–Trinajstić information content (AvgIpc) is 2.92. The van der Waals surface area contributed by atoms with E-state index in [9.17, 15) is 9.59 Å². The van der Waals surface area contributed by atoms with E-state index in [1.807, 2.05) is 0 Å². The summed E-state index contributed by atoms with van der Waals surface area (Å²) in [6, 6.07) is 6.81. The van der Waals surface area contributed by atoms with Crippen LogP contribution < -0.4 is 5.32 Å². The van der Waals surface area contributed by atoms with Gasteiger partial charge in [0.1, 0.15) is 0 Å². The van der Waals surface area contributed by atoms with Crippen molar-refractivity contribution in [1.29, 1.82) is 0 Å². The molecule has 0 fully saturated rings. The molecule has 0 spiro atoms. The minimum absolute atomic E-state index is 0.111. The van der Waals surface area contributed by atoms with E-state index in [2.05, 4.69) is 15.5 Å². The summed E-state index contributed by atoms with van der Waals surface area (Å²) in [4.78, 5) is 26.8. The maximum Gasteiger partial charge on any atom is 0.310 e. The highest BCUT2D eigenvalue weighted by atomic mass is 16.5. The van der Waals surface area contributed by atoms with E-state index in [1.54, 1.807) is 38.1 Å². The molecule has 1 unspecified atom stereocenters. The van der Waals surface area contributed by atoms with Crippen molar-refractivity contribution in [3.63, 3.8) is 0 Å². The number of rotatable bonds is 7. The number of carbonyl (C=O) groups is 2. The lowest BCUT2D eigenvalue weighted by Gasteiger charge is -2.09. The van der Waals surface area contributed by atoms with Gasteiger partial charge >= 0.3 is 5.97 Å². The van der Waals surface area contributed by atoms with Gasteiger partial charge in [-0.1, -0.05) is 17.3 Å². The molecule has 7 nitrogen and oxygen atoms in total. The third-order valence-corrected chi connectivity index (χ3v) is 3.43. The molecule has 1 amide bonds. The van der Waals surface area contributed by atoms with E-state index in [1.165, 1.54) is 0 Å². The summed E-state index contributed by atoms with van der Waals surface area (Å²) in [5.41, 5.74) is 1.34. The summed E-state index contributed by atoms with van der Waals surface area (Å²) in [6.07, 6.45) is 1.51. The number of carboxylic acids is 1. The van der Waals surface area contributed by atoms with Crippen molar-refractivity contribution in [3.8, 4) is 0 Å². The van der Waals surface area contributed by atoms with Gasteiger partial charge in [-0.25, -0.2) is 0 Å². The summed E-state index contributed by atoms with van der Waals surface area (Å²) in [6.45, 7) is 3.36. The van der Waals surface area contributed by atoms with Gasteiger partial charge in [0, 0.05) is 18.5 Å². The van der Waals surface area contributed by atoms with Crippen molar-refractivity contribution < 1.29 is 19.2 Å². The number of hydrogen-bond donors (Lipinski definition) is 2. The Morgan fingerprint density at radius 3 is 2.57 bits per heavy atom. The predicted octanol–water partition coefficient (Wildman–Crippen LogP) is 2.53. The van der Waals surface area contributed by atoms with Crippen LogP contribution in [0.1, 0.15) is 43.0 Å². The number of nitrogens with zero attached hydrogens (tertiary/aromatic N) is 2. The Morgan fingerprint density at radius 1 is 1.30 bits per heavy atom. The van der Waals surface area contributed by atoms with Gasteiger partial charge in [0.25, 0.3) is 0 Å². The SMILES string of the molecule is Cc1noc(CCCC(=O)Nc2ccc(C(C)C(=O)O)cc2)n1. The van der Waals surface area contributed by atoms with E-state index in [4.69, 9.17) is 9.63 Å². The number of carbonyl (C=O) groups excluding carboxylic acids is 1. The van der Waals surface area contributed by atoms with Gasteiger partial charge < -0.3 is 14.9 Å². The van der Waals surface area contributed by atoms with Crippen LogP contribution in [0.4, 0.5) is 5.69 Å². The molecule has 0 radical (unpaired) electrons. The van der Waals surface area contributed by atoms with Crippen molar-refractivity contribution in [2.75, 3.05) is 5.32 Å². The summed E-state index contributed by atoms with van der Waals surface area (Å²) in [7, 11) is 0. The van der Waals surface area contributed by atoms with Gasteiger partial charge in [-0.05, 0) is 38.0 Å². The van der Waals surface area contributed by atoms with Crippen LogP contribution in [0.15, 0.2) is 28.8 Å². The second-order valence-electron chi connectivity index (χ2n) is 5.32. The van der Waals surface area contributed by atoms with Gasteiger partial charge in [-0.15, -0.1) is 0 Å². The van der Waals surface area contributed by atoms with Crippen LogP contribution in [0.3, 0.4) is 0 Å². The smallest absolute Gasteiger partial charge is 0.310 e. The number of aromatic nitrogens is 2. The zero-order valence-corrected chi connectivity index (χ0v) is 13.1. The topological polar surface area (TPSA) is 105 Å². The lowest BCUT2D eigenvalue weighted by atomic mass is 10.0. The Hall–Kier alpha value is -2.70. The fourth-order valence-electron chi connectivity index (χ4n) is 2.06. The first kappa shape index (κ1) is 16.7. The largest absolute Gasteiger partial charge is 0.481 e. The molecule has 1 atom stereocenters. The number of nitrogens with one attached hydrogen (secondary N) is 1. The van der Waals surface area contributed by atoms with E-state index in [0.29, 0.717) is 42.2 Å². The van der Waals surface area contributed by atoms with Crippen LogP contribution >= 0.6 is 0 Å². The molecule has 23 heavy (non-hydrogen) atoms. The minimum atomic E-state index is -0.877. The first-order valence-corrected chi connectivity index (χ1v) is 7.37. The van der Waals surface area contributed by atoms with Crippen molar-refractivity contribution in [2.24, 2.45) is 0 Å². The van der Waals surface area contributed by atoms with E-state index in [0.717, 1.165) is 0 Å². The highest BCUT2D eigenvalue weighted by molar-refractivity contribution is 5.90. The number of amides is 1. The van der Waals surface area contributed by atoms with Gasteiger partial charge in [-0.2, -0.15) is 4.98 Å². The fraction of sp³-hybridized carbons (Fsp3) is 0.375. The third-order valence-electron chi connectivity index (χ3n) is 3.43. The number of carboxylic acid groups (broad SMARTS) is 1. The monoisotopic (exact) mass is 317 g/mol. The Kier molecular flexibility index (Phi) is 5.46. The standard InChI is InChI=1S/C16H19N3O4/c1-10(16(21)22)12-6-8-13(9-7-12)18-14(20)4-3-5-15-17-11(2)19-23-15/h6-10H,3-5H2,1-2H3,(H,18,20)(H,21,22). The molecule has 1 aromatic carbocycles. The Bertz CT molecular complexity index is 679. The van der Waals surface area contributed by atoms with Crippen molar-refractivity contribution in [3.05, 3.63) is 41.5 Å². The van der Waals surface area contributed by atoms with Gasteiger partial charge in [0.05, 0.1) is 5.92 Å². The lowest BCUT2D eigenvalue weighted by Crippen LogP contribution is -2.12. The Morgan fingerprint density at radius 2 is 2.00 bits per heavy atom. The molecular weight excluding hydrogens is 298 g/mol. The first-order valence-electron chi connectivity index (χ1n) is 7.37. The molecule has 0 bridgehead atoms. The Labute approximate surface area is 133 Å². The zero-order chi connectivity index (χ0) is 16.8. The molecule has 0 saturated heterocycles. The van der Waals surface area contributed by atoms with Crippen LogP contribution in [-0.4, -0.2) is 27.1 Å². The second kappa shape index (κ2) is 7.53. The molecule has 0 aliphatic carbocycles. The number of anilines is 1. The van der Waals surface area contributed by atoms with Crippen molar-refractivity contribution in [2.45, 2.75) is 39.0 Å². The van der Waals surface area contributed by atoms with Crippen LogP contribution in [0.5, 0.6) is 0 Å². The molecular formula is C16H19N3O4. The van der Waals surface area contributed by atoms with Gasteiger partial charge in [0.15, 0.2) is 5.82 Å². The molecule has 2 N–H and O–H groups in total. The molecule has 1 aromatic heterocycles. The molecule has 2 aromatic rings. The molecule has 0 aliphatic rings. The zero-order valence-electron chi connectivity index (χ0n) is 13.1. The lowest BCUT2D eigenvalue weighted by molar-refractivity contribution is -0.138. The van der Waals surface area contributed by atoms with Gasteiger partial charge in [-0.3, -0.25) is 9.59 Å². The van der Waals surface area contributed by atoms with Crippen LogP contribution in [0, 0.1) is 6.92 Å². The maximum absolute atomic E-state index is 11.9. The maximum atomic E-state index is 11.9. The number of aliphatic carboxylic acids is 1. The molecule has 1 heterocycles. The number of benzene rings is 1. The summed E-state index contributed by atoms with van der Waals surface area (Å²) >= 11 is 0. The quantitative estimate of drug-likeness (QED) is 0.813. The van der Waals surface area contributed by atoms with E-state index >= 15 is 0 Å². The van der Waals surface area contributed by atoms with Crippen molar-refractivity contribution in [1.82, 2.24) is 10.1 Å². The first-order chi connectivity index (χ1) is 11.0. The highest BCUT2D eigenvalue weighted by Gasteiger charge is 2.13. The van der Waals surface area contributed by atoms with Crippen LogP contribution in [0.2, 0.25) is 0 Å². The molecule has 2 rings (SSSR count). The number of hydrogen-bond acceptors (Lipinski definition) is 5.